The van der Waals surface area contributed by atoms with E-state index in [0.29, 0.717) is 40.3 Å². The third kappa shape index (κ3) is 5.59. The molecule has 0 saturated carbocycles. The maximum Gasteiger partial charge on any atom is 0.343 e. The highest BCUT2D eigenvalue weighted by Gasteiger charge is 2.13. The van der Waals surface area contributed by atoms with Crippen molar-refractivity contribution in [3.63, 3.8) is 0 Å². The molecule has 0 aliphatic carbocycles. The molecule has 0 aliphatic heterocycles. The van der Waals surface area contributed by atoms with Crippen LogP contribution in [0.3, 0.4) is 0 Å². The average Bonchev–Trinajstić information content (AvgIpc) is 2.62. The molecule has 2 aromatic rings. The van der Waals surface area contributed by atoms with Crippen molar-refractivity contribution >= 4 is 27.9 Å². The van der Waals surface area contributed by atoms with Gasteiger partial charge in [-0.2, -0.15) is 0 Å². The van der Waals surface area contributed by atoms with Gasteiger partial charge in [-0.3, -0.25) is 0 Å². The zero-order chi connectivity index (χ0) is 19.1. The Hall–Kier alpha value is -2.34. The molecule has 0 unspecified atom stereocenters. The van der Waals surface area contributed by atoms with E-state index < -0.39 is 11.9 Å². The number of esters is 2. The van der Waals surface area contributed by atoms with Gasteiger partial charge in [-0.1, -0.05) is 13.8 Å². The summed E-state index contributed by atoms with van der Waals surface area (Å²) in [5.74, 6) is 0.386. The van der Waals surface area contributed by atoms with Crippen molar-refractivity contribution < 1.29 is 23.8 Å². The Morgan fingerprint density at radius 3 is 2.23 bits per heavy atom. The van der Waals surface area contributed by atoms with Crippen molar-refractivity contribution in [2.45, 2.75) is 20.8 Å². The van der Waals surface area contributed by atoms with Crippen LogP contribution in [0.25, 0.3) is 0 Å². The van der Waals surface area contributed by atoms with Crippen LogP contribution >= 0.6 is 15.9 Å². The van der Waals surface area contributed by atoms with Crippen LogP contribution in [0.15, 0.2) is 46.9 Å². The topological polar surface area (TPSA) is 61.8 Å². The van der Waals surface area contributed by atoms with Crippen molar-refractivity contribution in [1.82, 2.24) is 0 Å². The predicted molar refractivity (Wildman–Crippen MR) is 102 cm³/mol. The van der Waals surface area contributed by atoms with Gasteiger partial charge in [0.1, 0.15) is 11.5 Å². The first-order chi connectivity index (χ1) is 12.4. The van der Waals surface area contributed by atoms with Gasteiger partial charge in [-0.15, -0.1) is 0 Å². The molecule has 0 radical (unpaired) electrons. The van der Waals surface area contributed by atoms with Gasteiger partial charge < -0.3 is 14.2 Å². The second kappa shape index (κ2) is 9.38. The molecule has 0 bridgehead atoms. The van der Waals surface area contributed by atoms with Gasteiger partial charge in [-0.25, -0.2) is 9.59 Å². The lowest BCUT2D eigenvalue weighted by Gasteiger charge is -2.09. The van der Waals surface area contributed by atoms with E-state index in [-0.39, 0.29) is 5.92 Å². The number of ether oxygens (including phenoxy) is 3. The van der Waals surface area contributed by atoms with E-state index in [1.54, 1.807) is 42.5 Å². The van der Waals surface area contributed by atoms with Gasteiger partial charge in [0, 0.05) is 0 Å². The largest absolute Gasteiger partial charge is 0.493 e. The Labute approximate surface area is 161 Å². The molecule has 0 aromatic heterocycles. The minimum atomic E-state index is -0.496. The summed E-state index contributed by atoms with van der Waals surface area (Å²) < 4.78 is 16.6. The van der Waals surface area contributed by atoms with E-state index in [1.807, 2.05) is 20.8 Å². The van der Waals surface area contributed by atoms with Crippen molar-refractivity contribution in [1.29, 1.82) is 0 Å². The second-order valence-electron chi connectivity index (χ2n) is 5.98. The van der Waals surface area contributed by atoms with Crippen molar-refractivity contribution in [3.05, 3.63) is 58.1 Å². The SMILES string of the molecule is CCOc1ccc(C(=O)Oc2ccc(C(=O)OCC(C)C)cc2)cc1Br. The van der Waals surface area contributed by atoms with Crippen molar-refractivity contribution in [2.24, 2.45) is 5.92 Å². The smallest absolute Gasteiger partial charge is 0.343 e. The quantitative estimate of drug-likeness (QED) is 0.471. The van der Waals surface area contributed by atoms with E-state index in [1.165, 1.54) is 0 Å². The molecule has 26 heavy (non-hydrogen) atoms. The summed E-state index contributed by atoms with van der Waals surface area (Å²) in [6.07, 6.45) is 0. The standard InChI is InChI=1S/C20H21BrO5/c1-4-24-18-10-7-15(11-17(18)21)20(23)26-16-8-5-14(6-9-16)19(22)25-12-13(2)3/h5-11,13H,4,12H2,1-3H3. The molecule has 0 spiro atoms. The summed E-state index contributed by atoms with van der Waals surface area (Å²) in [5.41, 5.74) is 0.801. The lowest BCUT2D eigenvalue weighted by molar-refractivity contribution is 0.0459. The highest BCUT2D eigenvalue weighted by molar-refractivity contribution is 9.10. The van der Waals surface area contributed by atoms with E-state index in [0.717, 1.165) is 0 Å². The van der Waals surface area contributed by atoms with Crippen molar-refractivity contribution in [3.8, 4) is 11.5 Å². The van der Waals surface area contributed by atoms with Crippen molar-refractivity contribution in [2.75, 3.05) is 13.2 Å². The minimum Gasteiger partial charge on any atom is -0.493 e. The van der Waals surface area contributed by atoms with Crippen LogP contribution < -0.4 is 9.47 Å². The molecule has 138 valence electrons. The van der Waals surface area contributed by atoms with Crippen LogP contribution in [0.4, 0.5) is 0 Å². The number of halogens is 1. The fourth-order valence-electron chi connectivity index (χ4n) is 2.05. The summed E-state index contributed by atoms with van der Waals surface area (Å²) in [6, 6.07) is 11.2. The third-order valence-corrected chi connectivity index (χ3v) is 3.94. The van der Waals surface area contributed by atoms with Gasteiger partial charge in [0.25, 0.3) is 0 Å². The molecule has 0 heterocycles. The second-order valence-corrected chi connectivity index (χ2v) is 6.84. The van der Waals surface area contributed by atoms with Gasteiger partial charge in [0.15, 0.2) is 0 Å². The van der Waals surface area contributed by atoms with Crippen LogP contribution in [-0.2, 0) is 4.74 Å². The normalized spacial score (nSPS) is 10.5. The first kappa shape index (κ1) is 20.0. The van der Waals surface area contributed by atoms with E-state index >= 15 is 0 Å². The highest BCUT2D eigenvalue weighted by atomic mass is 79.9. The first-order valence-electron chi connectivity index (χ1n) is 8.32. The third-order valence-electron chi connectivity index (χ3n) is 3.32. The number of hydrogen-bond donors (Lipinski definition) is 0. The number of benzene rings is 2. The Morgan fingerprint density at radius 2 is 1.65 bits per heavy atom. The number of rotatable bonds is 7. The molecule has 0 fully saturated rings. The Balaban J connectivity index is 2.01. The van der Waals surface area contributed by atoms with Gasteiger partial charge in [0.2, 0.25) is 0 Å². The molecular formula is C20H21BrO5. The van der Waals surface area contributed by atoms with Crippen LogP contribution in [0.2, 0.25) is 0 Å². The van der Waals surface area contributed by atoms with Crippen LogP contribution in [0.1, 0.15) is 41.5 Å². The van der Waals surface area contributed by atoms with Gasteiger partial charge in [0.05, 0.1) is 28.8 Å². The predicted octanol–water partition coefficient (Wildman–Crippen LogP) is 4.88. The summed E-state index contributed by atoms with van der Waals surface area (Å²) in [6.45, 7) is 6.72. The van der Waals surface area contributed by atoms with Gasteiger partial charge in [-0.05, 0) is 71.2 Å². The molecular weight excluding hydrogens is 400 g/mol. The van der Waals surface area contributed by atoms with Crippen LogP contribution in [-0.4, -0.2) is 25.2 Å². The average molecular weight is 421 g/mol. The molecule has 0 aliphatic rings. The molecule has 2 rings (SSSR count). The Bertz CT molecular complexity index is 768. The first-order valence-corrected chi connectivity index (χ1v) is 9.11. The molecule has 0 N–H and O–H groups in total. The Morgan fingerprint density at radius 1 is 1.00 bits per heavy atom. The van der Waals surface area contributed by atoms with E-state index in [9.17, 15) is 9.59 Å². The molecule has 6 heteroatoms. The number of carbonyl (C=O) groups excluding carboxylic acids is 2. The maximum absolute atomic E-state index is 12.3. The van der Waals surface area contributed by atoms with E-state index in [2.05, 4.69) is 15.9 Å². The molecule has 0 atom stereocenters. The summed E-state index contributed by atoms with van der Waals surface area (Å²) in [5, 5.41) is 0. The summed E-state index contributed by atoms with van der Waals surface area (Å²) in [4.78, 5) is 24.1. The van der Waals surface area contributed by atoms with E-state index in [4.69, 9.17) is 14.2 Å². The zero-order valence-corrected chi connectivity index (χ0v) is 16.5. The maximum atomic E-state index is 12.3. The fraction of sp³-hybridized carbons (Fsp3) is 0.300. The molecule has 5 nitrogen and oxygen atoms in total. The molecule has 0 amide bonds. The summed E-state index contributed by atoms with van der Waals surface area (Å²) in [7, 11) is 0. The summed E-state index contributed by atoms with van der Waals surface area (Å²) >= 11 is 3.37. The Kier molecular flexibility index (Phi) is 7.21. The van der Waals surface area contributed by atoms with Gasteiger partial charge >= 0.3 is 11.9 Å². The zero-order valence-electron chi connectivity index (χ0n) is 15.0. The number of hydrogen-bond acceptors (Lipinski definition) is 5. The molecule has 0 saturated heterocycles. The number of carbonyl (C=O) groups is 2. The minimum absolute atomic E-state index is 0.271. The lowest BCUT2D eigenvalue weighted by Crippen LogP contribution is -2.11. The highest BCUT2D eigenvalue weighted by Crippen LogP contribution is 2.26. The monoisotopic (exact) mass is 420 g/mol. The molecule has 2 aromatic carbocycles. The lowest BCUT2D eigenvalue weighted by atomic mass is 10.2. The fourth-order valence-corrected chi connectivity index (χ4v) is 2.54. The van der Waals surface area contributed by atoms with Crippen LogP contribution in [0, 0.1) is 5.92 Å². The van der Waals surface area contributed by atoms with Crippen LogP contribution in [0.5, 0.6) is 11.5 Å².